The lowest BCUT2D eigenvalue weighted by molar-refractivity contribution is 0.0381. The van der Waals surface area contributed by atoms with Gasteiger partial charge in [-0.3, -0.25) is 0 Å². The Morgan fingerprint density at radius 3 is 1.93 bits per heavy atom. The molecule has 0 rings (SSSR count). The van der Waals surface area contributed by atoms with Crippen LogP contribution in [0.15, 0.2) is 0 Å². The second-order valence-electron chi connectivity index (χ2n) is 4.58. The molecule has 0 amide bonds. The molecule has 0 aromatic carbocycles. The minimum atomic E-state index is -0.716. The third kappa shape index (κ3) is 4.91. The minimum absolute atomic E-state index is 0.0647. The molecule has 14 heavy (non-hydrogen) atoms. The van der Waals surface area contributed by atoms with Gasteiger partial charge in [-0.15, -0.1) is 0 Å². The first-order valence-corrected chi connectivity index (χ1v) is 5.04. The van der Waals surface area contributed by atoms with Crippen molar-refractivity contribution in [2.24, 2.45) is 5.41 Å². The summed E-state index contributed by atoms with van der Waals surface area (Å²) in [4.78, 5) is 0. The second-order valence-corrected chi connectivity index (χ2v) is 4.58. The van der Waals surface area contributed by atoms with Crippen LogP contribution in [0.2, 0.25) is 0 Å². The van der Waals surface area contributed by atoms with Gasteiger partial charge in [0.1, 0.15) is 0 Å². The van der Waals surface area contributed by atoms with Crippen LogP contribution in [0.3, 0.4) is 0 Å². The maximum Gasteiger partial charge on any atom is 0.0740 e. The van der Waals surface area contributed by atoms with Crippen LogP contribution in [0.25, 0.3) is 0 Å². The van der Waals surface area contributed by atoms with Crippen molar-refractivity contribution in [1.29, 1.82) is 0 Å². The van der Waals surface area contributed by atoms with E-state index in [9.17, 15) is 5.11 Å². The van der Waals surface area contributed by atoms with Gasteiger partial charge in [0.05, 0.1) is 18.8 Å². The monoisotopic (exact) mass is 205 g/mol. The Morgan fingerprint density at radius 2 is 1.57 bits per heavy atom. The van der Waals surface area contributed by atoms with Crippen LogP contribution in [0.1, 0.15) is 27.2 Å². The van der Waals surface area contributed by atoms with E-state index in [1.165, 1.54) is 0 Å². The number of aliphatic hydroxyl groups excluding tert-OH is 2. The Balaban J connectivity index is 3.83. The lowest BCUT2D eigenvalue weighted by Gasteiger charge is -2.28. The van der Waals surface area contributed by atoms with E-state index in [1.54, 1.807) is 13.8 Å². The van der Waals surface area contributed by atoms with Gasteiger partial charge >= 0.3 is 0 Å². The SMILES string of the molecule is CCC(C)(O)CNCC(C)(CO)CO. The van der Waals surface area contributed by atoms with E-state index < -0.39 is 11.0 Å². The summed E-state index contributed by atoms with van der Waals surface area (Å²) >= 11 is 0. The lowest BCUT2D eigenvalue weighted by atomic mass is 9.92. The quantitative estimate of drug-likeness (QED) is 0.461. The highest BCUT2D eigenvalue weighted by molar-refractivity contribution is 4.79. The van der Waals surface area contributed by atoms with Gasteiger partial charge in [-0.2, -0.15) is 0 Å². The molecule has 0 spiro atoms. The summed E-state index contributed by atoms with van der Waals surface area (Å²) in [5, 5.41) is 30.7. The van der Waals surface area contributed by atoms with Crippen LogP contribution in [0.5, 0.6) is 0 Å². The van der Waals surface area contributed by atoms with Crippen LogP contribution < -0.4 is 5.32 Å². The van der Waals surface area contributed by atoms with Crippen LogP contribution >= 0.6 is 0 Å². The fourth-order valence-corrected chi connectivity index (χ4v) is 0.920. The molecule has 0 fully saturated rings. The van der Waals surface area contributed by atoms with Crippen LogP contribution in [0.4, 0.5) is 0 Å². The number of hydrogen-bond acceptors (Lipinski definition) is 4. The summed E-state index contributed by atoms with van der Waals surface area (Å²) in [7, 11) is 0. The zero-order valence-electron chi connectivity index (χ0n) is 9.38. The van der Waals surface area contributed by atoms with Crippen molar-refractivity contribution in [3.8, 4) is 0 Å². The molecule has 0 saturated heterocycles. The maximum absolute atomic E-state index is 9.68. The molecule has 0 bridgehead atoms. The van der Waals surface area contributed by atoms with Gasteiger partial charge < -0.3 is 20.6 Å². The summed E-state index contributed by atoms with van der Waals surface area (Å²) in [6, 6.07) is 0. The highest BCUT2D eigenvalue weighted by atomic mass is 16.3. The predicted molar refractivity (Wildman–Crippen MR) is 56.1 cm³/mol. The number of hydrogen-bond donors (Lipinski definition) is 4. The summed E-state index contributed by atoms with van der Waals surface area (Å²) < 4.78 is 0. The Labute approximate surface area is 86.0 Å². The van der Waals surface area contributed by atoms with Gasteiger partial charge in [0, 0.05) is 18.5 Å². The Bertz CT molecular complexity index is 155. The lowest BCUT2D eigenvalue weighted by Crippen LogP contribution is -2.44. The summed E-state index contributed by atoms with van der Waals surface area (Å²) in [6.07, 6.45) is 0.676. The van der Waals surface area contributed by atoms with E-state index in [4.69, 9.17) is 10.2 Å². The van der Waals surface area contributed by atoms with E-state index >= 15 is 0 Å². The average Bonchev–Trinajstić information content (AvgIpc) is 2.17. The Morgan fingerprint density at radius 1 is 1.07 bits per heavy atom. The van der Waals surface area contributed by atoms with Gasteiger partial charge in [0.15, 0.2) is 0 Å². The van der Waals surface area contributed by atoms with Crippen molar-refractivity contribution < 1.29 is 15.3 Å². The van der Waals surface area contributed by atoms with Gasteiger partial charge in [-0.25, -0.2) is 0 Å². The first-order valence-electron chi connectivity index (χ1n) is 5.04. The molecule has 0 aliphatic heterocycles. The van der Waals surface area contributed by atoms with Crippen molar-refractivity contribution in [2.45, 2.75) is 32.8 Å². The highest BCUT2D eigenvalue weighted by Gasteiger charge is 2.24. The molecule has 0 saturated carbocycles. The van der Waals surface area contributed by atoms with Crippen molar-refractivity contribution >= 4 is 0 Å². The van der Waals surface area contributed by atoms with E-state index in [0.717, 1.165) is 0 Å². The molecule has 0 radical (unpaired) electrons. The topological polar surface area (TPSA) is 72.7 Å². The van der Waals surface area contributed by atoms with E-state index in [1.807, 2.05) is 6.92 Å². The fraction of sp³-hybridized carbons (Fsp3) is 1.00. The largest absolute Gasteiger partial charge is 0.396 e. The Kier molecular flexibility index (Phi) is 5.59. The average molecular weight is 205 g/mol. The predicted octanol–water partition coefficient (Wildman–Crippen LogP) is -0.272. The van der Waals surface area contributed by atoms with Crippen LogP contribution in [0, 0.1) is 5.41 Å². The number of nitrogens with one attached hydrogen (secondary N) is 1. The normalized spacial score (nSPS) is 16.7. The minimum Gasteiger partial charge on any atom is -0.396 e. The fourth-order valence-electron chi connectivity index (χ4n) is 0.920. The van der Waals surface area contributed by atoms with Crippen molar-refractivity contribution in [3.63, 3.8) is 0 Å². The summed E-state index contributed by atoms with van der Waals surface area (Å²) in [5.41, 5.74) is -1.23. The number of aliphatic hydroxyl groups is 3. The summed E-state index contributed by atoms with van der Waals surface area (Å²) in [5.74, 6) is 0. The molecule has 0 aromatic heterocycles. The van der Waals surface area contributed by atoms with Crippen LogP contribution in [-0.2, 0) is 0 Å². The van der Waals surface area contributed by atoms with Gasteiger partial charge in [-0.05, 0) is 13.3 Å². The highest BCUT2D eigenvalue weighted by Crippen LogP contribution is 2.13. The summed E-state index contributed by atoms with van der Waals surface area (Å²) in [6.45, 7) is 6.31. The molecule has 4 N–H and O–H groups in total. The van der Waals surface area contributed by atoms with Gasteiger partial charge in [0.2, 0.25) is 0 Å². The second kappa shape index (κ2) is 5.66. The third-order valence-corrected chi connectivity index (χ3v) is 2.58. The van der Waals surface area contributed by atoms with Crippen molar-refractivity contribution in [2.75, 3.05) is 26.3 Å². The first-order chi connectivity index (χ1) is 6.39. The zero-order chi connectivity index (χ0) is 11.2. The molecule has 0 aliphatic rings. The Hall–Kier alpha value is -0.160. The van der Waals surface area contributed by atoms with E-state index in [0.29, 0.717) is 19.5 Å². The van der Waals surface area contributed by atoms with Crippen molar-refractivity contribution in [1.82, 2.24) is 5.32 Å². The zero-order valence-corrected chi connectivity index (χ0v) is 9.38. The third-order valence-electron chi connectivity index (χ3n) is 2.58. The smallest absolute Gasteiger partial charge is 0.0740 e. The molecule has 1 unspecified atom stereocenters. The molecule has 0 aromatic rings. The molecule has 4 nitrogen and oxygen atoms in total. The molecular weight excluding hydrogens is 182 g/mol. The van der Waals surface area contributed by atoms with Crippen molar-refractivity contribution in [3.05, 3.63) is 0 Å². The van der Waals surface area contributed by atoms with Gasteiger partial charge in [-0.1, -0.05) is 13.8 Å². The van der Waals surface area contributed by atoms with Gasteiger partial charge in [0.25, 0.3) is 0 Å². The maximum atomic E-state index is 9.68. The van der Waals surface area contributed by atoms with E-state index in [-0.39, 0.29) is 13.2 Å². The van der Waals surface area contributed by atoms with Crippen LogP contribution in [-0.4, -0.2) is 47.2 Å². The van der Waals surface area contributed by atoms with E-state index in [2.05, 4.69) is 5.32 Å². The number of rotatable bonds is 7. The molecule has 4 heteroatoms. The molecule has 0 aliphatic carbocycles. The molecule has 1 atom stereocenters. The molecule has 0 heterocycles. The molecule has 86 valence electrons. The standard InChI is InChI=1S/C10H23NO3/c1-4-10(3,14)6-11-5-9(2,7-12)8-13/h11-14H,4-8H2,1-3H3. The first kappa shape index (κ1) is 13.8. The molecular formula is C10H23NO3.